The molecule has 2 aromatic carbocycles. The number of anilines is 2. The van der Waals surface area contributed by atoms with Crippen molar-refractivity contribution in [3.63, 3.8) is 0 Å². The van der Waals surface area contributed by atoms with E-state index in [0.717, 1.165) is 5.56 Å². The van der Waals surface area contributed by atoms with Gasteiger partial charge in [-0.05, 0) is 49.7 Å². The number of methoxy groups -OCH3 is 1. The molecule has 1 spiro atoms. The Morgan fingerprint density at radius 2 is 1.87 bits per heavy atom. The lowest BCUT2D eigenvalue weighted by molar-refractivity contribution is -0.150. The zero-order valence-corrected chi connectivity index (χ0v) is 28.1. The number of ether oxygens (including phenoxy) is 2. The van der Waals surface area contributed by atoms with Gasteiger partial charge in [0.05, 0.1) is 31.9 Å². The normalized spacial score (nSPS) is 23.9. The molecular weight excluding hydrogens is 606 g/mol. The van der Waals surface area contributed by atoms with Gasteiger partial charge in [-0.1, -0.05) is 37.3 Å². The van der Waals surface area contributed by atoms with Crippen LogP contribution < -0.4 is 9.80 Å². The summed E-state index contributed by atoms with van der Waals surface area (Å²) in [5.41, 5.74) is 0.968. The van der Waals surface area contributed by atoms with Crippen LogP contribution in [-0.4, -0.2) is 86.3 Å². The van der Waals surface area contributed by atoms with Crippen LogP contribution in [0.2, 0.25) is 18.6 Å². The fourth-order valence-electron chi connectivity index (χ4n) is 7.40. The van der Waals surface area contributed by atoms with Crippen molar-refractivity contribution in [3.05, 3.63) is 59.7 Å². The van der Waals surface area contributed by atoms with E-state index >= 15 is 0 Å². The largest absolute Gasteiger partial charge is 0.469 e. The summed E-state index contributed by atoms with van der Waals surface area (Å²) in [4.78, 5) is 69.1. The van der Waals surface area contributed by atoms with Crippen LogP contribution >= 0.6 is 0 Å². The van der Waals surface area contributed by atoms with Gasteiger partial charge in [-0.2, -0.15) is 0 Å². The highest BCUT2D eigenvalue weighted by atomic mass is 28.4. The van der Waals surface area contributed by atoms with Gasteiger partial charge in [0, 0.05) is 61.7 Å². The van der Waals surface area contributed by atoms with Crippen molar-refractivity contribution in [3.8, 4) is 0 Å². The standard InChI is InChI=1S/C34H45N3O8Si/c1-23-32(46(3,4)43)28(21-30(40)35(18-19-38)22-24-10-6-5-7-11-24)45-34(23)26-20-25(36-17-15-29(36)39)13-14-27(26)37(33(34)42)16-9-8-12-31(41)44-2/h5-7,10-11,13-14,20,23,28,32,38,43H,8-9,12,15-19,21-22H2,1-4H3/t23-,28+,32-,34+/m1/s1. The van der Waals surface area contributed by atoms with Crippen molar-refractivity contribution in [1.82, 2.24) is 4.90 Å². The number of carbonyl (C=O) groups excluding carboxylic acids is 4. The van der Waals surface area contributed by atoms with Gasteiger partial charge in [-0.3, -0.25) is 19.2 Å². The van der Waals surface area contributed by atoms with Crippen molar-refractivity contribution >= 4 is 43.4 Å². The number of fused-ring (bicyclic) bond motifs is 2. The molecule has 0 unspecified atom stereocenters. The molecule has 3 aliphatic heterocycles. The van der Waals surface area contributed by atoms with Gasteiger partial charge in [0.2, 0.25) is 11.8 Å². The van der Waals surface area contributed by atoms with Gasteiger partial charge in [0.1, 0.15) is 0 Å². The number of aliphatic hydroxyl groups excluding tert-OH is 1. The van der Waals surface area contributed by atoms with Crippen molar-refractivity contribution in [2.24, 2.45) is 5.92 Å². The van der Waals surface area contributed by atoms with Crippen LogP contribution in [0.15, 0.2) is 48.5 Å². The third-order valence-corrected chi connectivity index (χ3v) is 12.2. The first-order valence-electron chi connectivity index (χ1n) is 16.1. The molecule has 0 aromatic heterocycles. The van der Waals surface area contributed by atoms with E-state index in [9.17, 15) is 29.1 Å². The lowest BCUT2D eigenvalue weighted by Gasteiger charge is -2.33. The maximum Gasteiger partial charge on any atom is 0.305 e. The second-order valence-electron chi connectivity index (χ2n) is 13.1. The predicted molar refractivity (Wildman–Crippen MR) is 174 cm³/mol. The van der Waals surface area contributed by atoms with Crippen molar-refractivity contribution in [2.45, 2.75) is 75.9 Å². The number of hydrogen-bond acceptors (Lipinski definition) is 8. The average molecular weight is 652 g/mol. The molecular formula is C34H45N3O8Si. The molecule has 11 nitrogen and oxygen atoms in total. The number of esters is 1. The van der Waals surface area contributed by atoms with Crippen LogP contribution in [0.3, 0.4) is 0 Å². The molecule has 3 heterocycles. The Labute approximate surface area is 271 Å². The summed E-state index contributed by atoms with van der Waals surface area (Å²) in [7, 11) is -1.69. The Balaban J connectivity index is 1.49. The van der Waals surface area contributed by atoms with Gasteiger partial charge in [0.15, 0.2) is 13.9 Å². The van der Waals surface area contributed by atoms with Gasteiger partial charge in [-0.25, -0.2) is 0 Å². The Kier molecular flexibility index (Phi) is 10.0. The topological polar surface area (TPSA) is 137 Å². The molecule has 0 aliphatic carbocycles. The highest BCUT2D eigenvalue weighted by molar-refractivity contribution is 6.71. The third kappa shape index (κ3) is 6.35. The molecule has 0 bridgehead atoms. The number of unbranched alkanes of at least 4 members (excludes halogenated alkanes) is 1. The maximum atomic E-state index is 14.6. The first kappa shape index (κ1) is 33.8. The zero-order chi connectivity index (χ0) is 33.2. The fourth-order valence-corrected chi connectivity index (χ4v) is 9.96. The predicted octanol–water partition coefficient (Wildman–Crippen LogP) is 3.32. The van der Waals surface area contributed by atoms with E-state index in [0.29, 0.717) is 55.8 Å². The van der Waals surface area contributed by atoms with Crippen molar-refractivity contribution < 1.29 is 38.6 Å². The van der Waals surface area contributed by atoms with Crippen LogP contribution in [-0.2, 0) is 40.8 Å². The Bertz CT molecular complexity index is 1460. The number of amides is 3. The Hall–Kier alpha value is -3.58. The summed E-state index contributed by atoms with van der Waals surface area (Å²) >= 11 is 0. The number of benzene rings is 2. The SMILES string of the molecule is COC(=O)CCCCN1C(=O)[C@@]2(O[C@@H](CC(=O)N(CCO)Cc3ccccc3)[C@H]([Si](C)(C)O)[C@H]2C)c2cc(N3CCC3=O)ccc21. The van der Waals surface area contributed by atoms with Gasteiger partial charge in [0.25, 0.3) is 5.91 Å². The number of aliphatic hydroxyl groups is 1. The van der Waals surface area contributed by atoms with Crippen LogP contribution in [0.4, 0.5) is 11.4 Å². The van der Waals surface area contributed by atoms with Crippen LogP contribution in [0.25, 0.3) is 0 Å². The number of carbonyl (C=O) groups is 4. The Morgan fingerprint density at radius 1 is 1.13 bits per heavy atom. The lowest BCUT2D eigenvalue weighted by Crippen LogP contribution is -2.46. The quantitative estimate of drug-likeness (QED) is 0.146. The highest BCUT2D eigenvalue weighted by Gasteiger charge is 2.66. The van der Waals surface area contributed by atoms with E-state index in [1.54, 1.807) is 14.7 Å². The number of rotatable bonds is 13. The van der Waals surface area contributed by atoms with E-state index in [1.165, 1.54) is 7.11 Å². The van der Waals surface area contributed by atoms with E-state index < -0.39 is 31.5 Å². The van der Waals surface area contributed by atoms with Crippen molar-refractivity contribution in [2.75, 3.05) is 43.2 Å². The summed E-state index contributed by atoms with van der Waals surface area (Å²) in [5, 5.41) is 9.77. The summed E-state index contributed by atoms with van der Waals surface area (Å²) in [5.74, 6) is -1.29. The molecule has 2 aromatic rings. The zero-order valence-electron chi connectivity index (χ0n) is 27.1. The average Bonchev–Trinajstić information content (AvgIpc) is 3.44. The van der Waals surface area contributed by atoms with Crippen molar-refractivity contribution in [1.29, 1.82) is 0 Å². The molecule has 2 saturated heterocycles. The Morgan fingerprint density at radius 3 is 2.48 bits per heavy atom. The van der Waals surface area contributed by atoms with E-state index in [4.69, 9.17) is 9.47 Å². The number of hydrogen-bond donors (Lipinski definition) is 2. The molecule has 4 atom stereocenters. The fraction of sp³-hybridized carbons (Fsp3) is 0.529. The lowest BCUT2D eigenvalue weighted by atomic mass is 9.82. The minimum absolute atomic E-state index is 0.00557. The van der Waals surface area contributed by atoms with Crippen LogP contribution in [0.5, 0.6) is 0 Å². The molecule has 3 amide bonds. The van der Waals surface area contributed by atoms with E-state index in [2.05, 4.69) is 0 Å². The second kappa shape index (κ2) is 13.6. The smallest absolute Gasteiger partial charge is 0.305 e. The van der Waals surface area contributed by atoms with Gasteiger partial charge < -0.3 is 34.1 Å². The second-order valence-corrected chi connectivity index (χ2v) is 17.0. The monoisotopic (exact) mass is 651 g/mol. The van der Waals surface area contributed by atoms with Crippen LogP contribution in [0.1, 0.15) is 50.2 Å². The molecule has 46 heavy (non-hydrogen) atoms. The molecule has 12 heteroatoms. The summed E-state index contributed by atoms with van der Waals surface area (Å²) in [6.07, 6.45) is 0.975. The van der Waals surface area contributed by atoms with Gasteiger partial charge in [-0.15, -0.1) is 0 Å². The van der Waals surface area contributed by atoms with Gasteiger partial charge >= 0.3 is 5.97 Å². The molecule has 2 fully saturated rings. The van der Waals surface area contributed by atoms with E-state index in [1.807, 2.05) is 68.5 Å². The van der Waals surface area contributed by atoms with E-state index in [-0.39, 0.29) is 49.7 Å². The molecule has 0 radical (unpaired) electrons. The minimum atomic E-state index is -3.03. The first-order chi connectivity index (χ1) is 21.9. The first-order valence-corrected chi connectivity index (χ1v) is 19.1. The molecule has 248 valence electrons. The summed E-state index contributed by atoms with van der Waals surface area (Å²) < 4.78 is 11.6. The molecule has 5 rings (SSSR count). The molecule has 0 saturated carbocycles. The third-order valence-electron chi connectivity index (χ3n) is 9.68. The number of nitrogens with zero attached hydrogens (tertiary/aromatic N) is 3. The molecule has 3 aliphatic rings. The summed E-state index contributed by atoms with van der Waals surface area (Å²) in [6, 6.07) is 15.1. The van der Waals surface area contributed by atoms with Crippen LogP contribution in [0, 0.1) is 5.92 Å². The number of β-lactam (4-membered cyclic amide) rings is 1. The minimum Gasteiger partial charge on any atom is -0.469 e. The molecule has 2 N–H and O–H groups in total. The summed E-state index contributed by atoms with van der Waals surface area (Å²) in [6.45, 7) is 6.71. The maximum absolute atomic E-state index is 14.6. The highest BCUT2D eigenvalue weighted by Crippen LogP contribution is 2.60.